The van der Waals surface area contributed by atoms with E-state index in [1.165, 1.54) is 0 Å². The lowest BCUT2D eigenvalue weighted by Crippen LogP contribution is -2.44. The normalized spacial score (nSPS) is 31.9. The van der Waals surface area contributed by atoms with Gasteiger partial charge in [-0.3, -0.25) is 4.90 Å². The third-order valence-electron chi connectivity index (χ3n) is 2.77. The van der Waals surface area contributed by atoms with Gasteiger partial charge < -0.3 is 0 Å². The zero-order chi connectivity index (χ0) is 9.14. The predicted octanol–water partition coefficient (Wildman–Crippen LogP) is 2.02. The van der Waals surface area contributed by atoms with Gasteiger partial charge in [0, 0.05) is 18.0 Å². The van der Waals surface area contributed by atoms with Gasteiger partial charge in [-0.25, -0.2) is 0 Å². The van der Waals surface area contributed by atoms with Gasteiger partial charge in [0.15, 0.2) is 0 Å². The summed E-state index contributed by atoms with van der Waals surface area (Å²) < 4.78 is 0. The van der Waals surface area contributed by atoms with Gasteiger partial charge in [0.25, 0.3) is 0 Å². The maximum atomic E-state index is 8.77. The van der Waals surface area contributed by atoms with Crippen LogP contribution in [0.3, 0.4) is 0 Å². The summed E-state index contributed by atoms with van der Waals surface area (Å²) in [6.07, 6.45) is 2.10. The highest BCUT2D eigenvalue weighted by Crippen LogP contribution is 2.23. The molecule has 0 amide bonds. The standard InChI is InChI=1S/C10H18N2/c1-8(2)12-5-4-10(7-11)6-9(12)3/h8-10H,4-6H2,1-3H3/t9-,10+/m1/s1. The molecule has 0 N–H and O–H groups in total. The maximum absolute atomic E-state index is 8.77. The summed E-state index contributed by atoms with van der Waals surface area (Å²) in [6, 6.07) is 3.58. The molecule has 12 heavy (non-hydrogen) atoms. The first-order valence-corrected chi connectivity index (χ1v) is 4.80. The molecular weight excluding hydrogens is 148 g/mol. The number of hydrogen-bond acceptors (Lipinski definition) is 2. The van der Waals surface area contributed by atoms with Gasteiger partial charge in [-0.15, -0.1) is 0 Å². The van der Waals surface area contributed by atoms with Gasteiger partial charge in [-0.2, -0.15) is 5.26 Å². The van der Waals surface area contributed by atoms with Crippen LogP contribution in [0, 0.1) is 17.2 Å². The van der Waals surface area contributed by atoms with Crippen LogP contribution in [0.1, 0.15) is 33.6 Å². The molecule has 0 aromatic heterocycles. The van der Waals surface area contributed by atoms with Crippen LogP contribution in [0.25, 0.3) is 0 Å². The average molecular weight is 166 g/mol. The van der Waals surface area contributed by atoms with E-state index >= 15 is 0 Å². The molecule has 1 saturated heterocycles. The molecule has 2 heteroatoms. The van der Waals surface area contributed by atoms with Gasteiger partial charge in [0.2, 0.25) is 0 Å². The molecule has 1 fully saturated rings. The minimum atomic E-state index is 0.301. The van der Waals surface area contributed by atoms with E-state index < -0.39 is 0 Å². The molecule has 0 saturated carbocycles. The topological polar surface area (TPSA) is 27.0 Å². The number of hydrogen-bond donors (Lipinski definition) is 0. The highest BCUT2D eigenvalue weighted by atomic mass is 15.2. The van der Waals surface area contributed by atoms with Crippen molar-refractivity contribution in [2.24, 2.45) is 5.92 Å². The Kier molecular flexibility index (Phi) is 3.11. The Bertz CT molecular complexity index is 181. The Morgan fingerprint density at radius 2 is 2.17 bits per heavy atom. The average Bonchev–Trinajstić information content (AvgIpc) is 2.03. The molecule has 68 valence electrons. The Hall–Kier alpha value is -0.550. The Labute approximate surface area is 75.2 Å². The molecule has 0 aromatic carbocycles. The van der Waals surface area contributed by atoms with Crippen LogP contribution >= 0.6 is 0 Å². The van der Waals surface area contributed by atoms with E-state index in [4.69, 9.17) is 5.26 Å². The van der Waals surface area contributed by atoms with Crippen molar-refractivity contribution in [3.63, 3.8) is 0 Å². The molecule has 0 unspecified atom stereocenters. The smallest absolute Gasteiger partial charge is 0.0656 e. The summed E-state index contributed by atoms with van der Waals surface area (Å²) in [6.45, 7) is 7.77. The van der Waals surface area contributed by atoms with Crippen LogP contribution in [0.15, 0.2) is 0 Å². The van der Waals surface area contributed by atoms with Crippen LogP contribution in [-0.2, 0) is 0 Å². The summed E-state index contributed by atoms with van der Waals surface area (Å²) in [5.74, 6) is 0.301. The van der Waals surface area contributed by atoms with Crippen molar-refractivity contribution in [1.29, 1.82) is 5.26 Å². The fourth-order valence-electron chi connectivity index (χ4n) is 2.07. The first kappa shape index (κ1) is 9.54. The zero-order valence-electron chi connectivity index (χ0n) is 8.25. The number of nitrogens with zero attached hydrogens (tertiary/aromatic N) is 2. The third kappa shape index (κ3) is 1.98. The second kappa shape index (κ2) is 3.91. The Morgan fingerprint density at radius 1 is 1.50 bits per heavy atom. The second-order valence-electron chi connectivity index (χ2n) is 4.03. The van der Waals surface area contributed by atoms with Crippen molar-refractivity contribution in [3.8, 4) is 6.07 Å². The van der Waals surface area contributed by atoms with E-state index in [2.05, 4.69) is 31.7 Å². The summed E-state index contributed by atoms with van der Waals surface area (Å²) in [4.78, 5) is 2.48. The molecule has 1 rings (SSSR count). The van der Waals surface area contributed by atoms with Crippen LogP contribution < -0.4 is 0 Å². The lowest BCUT2D eigenvalue weighted by Gasteiger charge is -2.38. The van der Waals surface area contributed by atoms with Crippen molar-refractivity contribution in [3.05, 3.63) is 0 Å². The number of piperidine rings is 1. The van der Waals surface area contributed by atoms with Crippen molar-refractivity contribution >= 4 is 0 Å². The molecular formula is C10H18N2. The fourth-order valence-corrected chi connectivity index (χ4v) is 2.07. The van der Waals surface area contributed by atoms with E-state index in [0.717, 1.165) is 19.4 Å². The molecule has 1 heterocycles. The number of nitriles is 1. The highest BCUT2D eigenvalue weighted by Gasteiger charge is 2.26. The summed E-state index contributed by atoms with van der Waals surface area (Å²) in [7, 11) is 0. The van der Waals surface area contributed by atoms with Crippen molar-refractivity contribution in [2.45, 2.75) is 45.7 Å². The highest BCUT2D eigenvalue weighted by molar-refractivity contribution is 4.91. The van der Waals surface area contributed by atoms with E-state index in [-0.39, 0.29) is 0 Å². The Balaban J connectivity index is 2.49. The van der Waals surface area contributed by atoms with Crippen molar-refractivity contribution in [2.75, 3.05) is 6.54 Å². The first-order valence-electron chi connectivity index (χ1n) is 4.80. The summed E-state index contributed by atoms with van der Waals surface area (Å²) >= 11 is 0. The summed E-state index contributed by atoms with van der Waals surface area (Å²) in [5.41, 5.74) is 0. The van der Waals surface area contributed by atoms with E-state index in [0.29, 0.717) is 18.0 Å². The zero-order valence-corrected chi connectivity index (χ0v) is 8.25. The lowest BCUT2D eigenvalue weighted by molar-refractivity contribution is 0.106. The second-order valence-corrected chi connectivity index (χ2v) is 4.03. The summed E-state index contributed by atoms with van der Waals surface area (Å²) in [5, 5.41) is 8.77. The number of likely N-dealkylation sites (tertiary alicyclic amines) is 1. The van der Waals surface area contributed by atoms with E-state index in [1.807, 2.05) is 0 Å². The van der Waals surface area contributed by atoms with E-state index in [1.54, 1.807) is 0 Å². The first-order chi connectivity index (χ1) is 5.65. The molecule has 0 aliphatic carbocycles. The van der Waals surface area contributed by atoms with Gasteiger partial charge >= 0.3 is 0 Å². The van der Waals surface area contributed by atoms with Gasteiger partial charge in [-0.1, -0.05) is 0 Å². The minimum Gasteiger partial charge on any atom is -0.298 e. The van der Waals surface area contributed by atoms with Crippen LogP contribution in [0.5, 0.6) is 0 Å². The molecule has 0 aromatic rings. The minimum absolute atomic E-state index is 0.301. The van der Waals surface area contributed by atoms with Gasteiger partial charge in [0.1, 0.15) is 0 Å². The molecule has 2 atom stereocenters. The quantitative estimate of drug-likeness (QED) is 0.596. The van der Waals surface area contributed by atoms with Gasteiger partial charge in [0.05, 0.1) is 6.07 Å². The van der Waals surface area contributed by atoms with Crippen molar-refractivity contribution in [1.82, 2.24) is 4.90 Å². The SMILES string of the molecule is CC(C)N1CC[C@H](C#N)C[C@H]1C. The van der Waals surface area contributed by atoms with Crippen molar-refractivity contribution < 1.29 is 0 Å². The maximum Gasteiger partial charge on any atom is 0.0656 e. The van der Waals surface area contributed by atoms with Crippen LogP contribution in [-0.4, -0.2) is 23.5 Å². The van der Waals surface area contributed by atoms with E-state index in [9.17, 15) is 0 Å². The Morgan fingerprint density at radius 3 is 2.58 bits per heavy atom. The molecule has 0 bridgehead atoms. The molecule has 1 aliphatic rings. The molecule has 0 spiro atoms. The monoisotopic (exact) mass is 166 g/mol. The lowest BCUT2D eigenvalue weighted by atomic mass is 9.92. The van der Waals surface area contributed by atoms with Crippen LogP contribution in [0.2, 0.25) is 0 Å². The third-order valence-corrected chi connectivity index (χ3v) is 2.77. The number of rotatable bonds is 1. The van der Waals surface area contributed by atoms with Gasteiger partial charge in [-0.05, 0) is 40.2 Å². The largest absolute Gasteiger partial charge is 0.298 e. The van der Waals surface area contributed by atoms with Crippen LogP contribution in [0.4, 0.5) is 0 Å². The molecule has 1 aliphatic heterocycles. The molecule has 0 radical (unpaired) electrons. The molecule has 2 nitrogen and oxygen atoms in total. The predicted molar refractivity (Wildman–Crippen MR) is 49.6 cm³/mol. The fraction of sp³-hybridized carbons (Fsp3) is 0.900.